The van der Waals surface area contributed by atoms with Crippen LogP contribution in [0.25, 0.3) is 17.3 Å². The van der Waals surface area contributed by atoms with Gasteiger partial charge < -0.3 is 9.47 Å². The molecule has 1 aromatic heterocycles. The molecular formula is C24H26N2O3S. The van der Waals surface area contributed by atoms with E-state index in [1.807, 2.05) is 43.5 Å². The minimum absolute atomic E-state index is 0.0538. The van der Waals surface area contributed by atoms with Crippen molar-refractivity contribution in [3.8, 4) is 22.8 Å². The van der Waals surface area contributed by atoms with Gasteiger partial charge in [-0.1, -0.05) is 18.2 Å². The van der Waals surface area contributed by atoms with Crippen LogP contribution in [0.15, 0.2) is 47.9 Å². The highest BCUT2D eigenvalue weighted by molar-refractivity contribution is 7.14. The number of carbonyl (C=O) groups is 1. The molecule has 0 radical (unpaired) electrons. The Hall–Kier alpha value is -3.12. The number of methoxy groups -OCH3 is 1. The van der Waals surface area contributed by atoms with Crippen LogP contribution in [0.5, 0.6) is 11.5 Å². The molecule has 156 valence electrons. The largest absolute Gasteiger partial charge is 0.493 e. The van der Waals surface area contributed by atoms with Crippen molar-refractivity contribution in [2.24, 2.45) is 0 Å². The third kappa shape index (κ3) is 5.48. The number of nitrogens with one attached hydrogen (secondary N) is 1. The summed E-state index contributed by atoms with van der Waals surface area (Å²) in [5, 5.41) is 5.33. The molecule has 2 aromatic carbocycles. The smallest absolute Gasteiger partial charge is 0.250 e. The first-order valence-corrected chi connectivity index (χ1v) is 10.6. The summed E-state index contributed by atoms with van der Waals surface area (Å²) in [6.07, 6.45) is 3.27. The average molecular weight is 423 g/mol. The SMILES string of the molecule is COc1cc(C=CC(=O)Nc2nc(-c3ccc(C)c(C)c3)cs2)ccc1OC(C)C. The lowest BCUT2D eigenvalue weighted by atomic mass is 10.1. The van der Waals surface area contributed by atoms with E-state index in [0.29, 0.717) is 16.6 Å². The van der Waals surface area contributed by atoms with Crippen LogP contribution in [-0.2, 0) is 4.79 Å². The van der Waals surface area contributed by atoms with Crippen molar-refractivity contribution in [2.45, 2.75) is 33.8 Å². The molecule has 0 aliphatic heterocycles. The van der Waals surface area contributed by atoms with Gasteiger partial charge in [0.25, 0.3) is 0 Å². The quantitative estimate of drug-likeness (QED) is 0.483. The number of carbonyl (C=O) groups excluding carboxylic acids is 1. The molecule has 30 heavy (non-hydrogen) atoms. The molecule has 0 bridgehead atoms. The standard InChI is InChI=1S/C24H26N2O3S/c1-15(2)29-21-10-7-18(13-22(21)28-5)8-11-23(27)26-24-25-20(14-30-24)19-9-6-16(3)17(4)12-19/h6-15H,1-5H3,(H,25,26,27). The fourth-order valence-electron chi connectivity index (χ4n) is 2.82. The van der Waals surface area contributed by atoms with Gasteiger partial charge in [0.15, 0.2) is 16.6 Å². The highest BCUT2D eigenvalue weighted by Crippen LogP contribution is 2.30. The van der Waals surface area contributed by atoms with Crippen LogP contribution in [-0.4, -0.2) is 24.1 Å². The van der Waals surface area contributed by atoms with Crippen molar-refractivity contribution < 1.29 is 14.3 Å². The zero-order valence-corrected chi connectivity index (χ0v) is 18.7. The number of hydrogen-bond donors (Lipinski definition) is 1. The highest BCUT2D eigenvalue weighted by Gasteiger charge is 2.09. The summed E-state index contributed by atoms with van der Waals surface area (Å²) in [7, 11) is 1.60. The summed E-state index contributed by atoms with van der Waals surface area (Å²) in [5.41, 5.74) is 5.20. The molecule has 0 aliphatic carbocycles. The Morgan fingerprint density at radius 2 is 1.90 bits per heavy atom. The van der Waals surface area contributed by atoms with Gasteiger partial charge in [-0.05, 0) is 68.7 Å². The highest BCUT2D eigenvalue weighted by atomic mass is 32.1. The van der Waals surface area contributed by atoms with Crippen molar-refractivity contribution in [1.29, 1.82) is 0 Å². The zero-order valence-electron chi connectivity index (χ0n) is 17.9. The molecule has 3 aromatic rings. The maximum Gasteiger partial charge on any atom is 0.250 e. The van der Waals surface area contributed by atoms with Gasteiger partial charge in [-0.2, -0.15) is 0 Å². The molecule has 0 fully saturated rings. The van der Waals surface area contributed by atoms with Gasteiger partial charge in [-0.15, -0.1) is 11.3 Å². The predicted molar refractivity (Wildman–Crippen MR) is 123 cm³/mol. The number of nitrogens with zero attached hydrogens (tertiary/aromatic N) is 1. The molecule has 5 nitrogen and oxygen atoms in total. The van der Waals surface area contributed by atoms with Gasteiger partial charge in [0.2, 0.25) is 5.91 Å². The van der Waals surface area contributed by atoms with Gasteiger partial charge >= 0.3 is 0 Å². The summed E-state index contributed by atoms with van der Waals surface area (Å²) >= 11 is 1.40. The first kappa shape index (κ1) is 21.6. The molecular weight excluding hydrogens is 396 g/mol. The Morgan fingerprint density at radius 3 is 2.60 bits per heavy atom. The predicted octanol–water partition coefficient (Wildman–Crippen LogP) is 5.87. The van der Waals surface area contributed by atoms with E-state index in [1.165, 1.54) is 28.5 Å². The number of benzene rings is 2. The van der Waals surface area contributed by atoms with Crippen LogP contribution in [0, 0.1) is 13.8 Å². The minimum atomic E-state index is -0.238. The second-order valence-corrected chi connectivity index (χ2v) is 8.09. The van der Waals surface area contributed by atoms with Gasteiger partial charge in [0, 0.05) is 17.0 Å². The topological polar surface area (TPSA) is 60.5 Å². The van der Waals surface area contributed by atoms with Gasteiger partial charge in [0.05, 0.1) is 18.9 Å². The van der Waals surface area contributed by atoms with Crippen LogP contribution in [0.1, 0.15) is 30.5 Å². The van der Waals surface area contributed by atoms with E-state index in [2.05, 4.69) is 36.3 Å². The number of aryl methyl sites for hydroxylation is 2. The lowest BCUT2D eigenvalue weighted by Gasteiger charge is -2.13. The third-order valence-corrected chi connectivity index (χ3v) is 5.27. The normalized spacial score (nSPS) is 11.1. The molecule has 0 atom stereocenters. The molecule has 0 unspecified atom stereocenters. The maximum atomic E-state index is 12.3. The monoisotopic (exact) mass is 422 g/mol. The van der Waals surface area contributed by atoms with Crippen LogP contribution >= 0.6 is 11.3 Å². The van der Waals surface area contributed by atoms with Crippen LogP contribution in [0.3, 0.4) is 0 Å². The van der Waals surface area contributed by atoms with Crippen LogP contribution in [0.2, 0.25) is 0 Å². The Morgan fingerprint density at radius 1 is 1.10 bits per heavy atom. The summed E-state index contributed by atoms with van der Waals surface area (Å²) in [4.78, 5) is 16.8. The van der Waals surface area contributed by atoms with Gasteiger partial charge in [-0.25, -0.2) is 4.98 Å². The lowest BCUT2D eigenvalue weighted by Crippen LogP contribution is -2.07. The zero-order chi connectivity index (χ0) is 21.7. The Bertz CT molecular complexity index is 1070. The maximum absolute atomic E-state index is 12.3. The fraction of sp³-hybridized carbons (Fsp3) is 0.250. The molecule has 6 heteroatoms. The number of ether oxygens (including phenoxy) is 2. The lowest BCUT2D eigenvalue weighted by molar-refractivity contribution is -0.111. The van der Waals surface area contributed by atoms with Crippen molar-refractivity contribution >= 4 is 28.5 Å². The van der Waals surface area contributed by atoms with Gasteiger partial charge in [0.1, 0.15) is 0 Å². The van der Waals surface area contributed by atoms with Crippen molar-refractivity contribution in [3.05, 3.63) is 64.5 Å². The fourth-order valence-corrected chi connectivity index (χ4v) is 3.55. The van der Waals surface area contributed by atoms with Crippen LogP contribution in [0.4, 0.5) is 5.13 Å². The molecule has 0 spiro atoms. The second-order valence-electron chi connectivity index (χ2n) is 7.24. The Labute approximate surface area is 181 Å². The number of hydrogen-bond acceptors (Lipinski definition) is 5. The molecule has 3 rings (SSSR count). The van der Waals surface area contributed by atoms with Crippen molar-refractivity contribution in [3.63, 3.8) is 0 Å². The van der Waals surface area contributed by atoms with E-state index >= 15 is 0 Å². The van der Waals surface area contributed by atoms with Crippen molar-refractivity contribution in [1.82, 2.24) is 4.98 Å². The number of anilines is 1. The second kappa shape index (κ2) is 9.59. The molecule has 0 saturated heterocycles. The van der Waals surface area contributed by atoms with E-state index in [0.717, 1.165) is 16.8 Å². The van der Waals surface area contributed by atoms with E-state index < -0.39 is 0 Å². The first-order valence-electron chi connectivity index (χ1n) is 9.72. The van der Waals surface area contributed by atoms with Gasteiger partial charge in [-0.3, -0.25) is 10.1 Å². The Balaban J connectivity index is 1.66. The van der Waals surface area contributed by atoms with Crippen molar-refractivity contribution in [2.75, 3.05) is 12.4 Å². The van der Waals surface area contributed by atoms with E-state index in [9.17, 15) is 4.79 Å². The van der Waals surface area contributed by atoms with Crippen LogP contribution < -0.4 is 14.8 Å². The molecule has 0 aliphatic rings. The summed E-state index contributed by atoms with van der Waals surface area (Å²) in [6.45, 7) is 8.08. The summed E-state index contributed by atoms with van der Waals surface area (Å²) in [5.74, 6) is 1.07. The number of amides is 1. The summed E-state index contributed by atoms with van der Waals surface area (Å²) in [6, 6.07) is 11.8. The number of aromatic nitrogens is 1. The van der Waals surface area contributed by atoms with E-state index in [4.69, 9.17) is 9.47 Å². The third-order valence-electron chi connectivity index (χ3n) is 4.51. The van der Waals surface area contributed by atoms with E-state index in [-0.39, 0.29) is 12.0 Å². The summed E-state index contributed by atoms with van der Waals surface area (Å²) < 4.78 is 11.1. The first-order chi connectivity index (χ1) is 14.4. The molecule has 0 saturated carbocycles. The number of thiazole rings is 1. The number of rotatable bonds is 7. The molecule has 1 amide bonds. The Kier molecular flexibility index (Phi) is 6.90. The average Bonchev–Trinajstić information content (AvgIpc) is 3.17. The van der Waals surface area contributed by atoms with E-state index in [1.54, 1.807) is 13.2 Å². The minimum Gasteiger partial charge on any atom is -0.493 e. The molecule has 1 N–H and O–H groups in total. The molecule has 1 heterocycles.